The van der Waals surface area contributed by atoms with E-state index >= 15 is 0 Å². The average molecular weight is 366 g/mol. The van der Waals surface area contributed by atoms with Crippen LogP contribution in [0.15, 0.2) is 24.0 Å². The van der Waals surface area contributed by atoms with E-state index in [-0.39, 0.29) is 36.7 Å². The SMILES string of the molecule is COC1=CC2C3Cc4ccc(OC)c(O)c4C2(CCN3C)CC1=O.[Cl-].[H+]. The number of allylic oxidation sites excluding steroid dienone is 1. The predicted octanol–water partition coefficient (Wildman–Crippen LogP) is -0.865. The molecule has 0 saturated carbocycles. The van der Waals surface area contributed by atoms with Crippen molar-refractivity contribution in [3.8, 4) is 11.5 Å². The number of hydrogen-bond acceptors (Lipinski definition) is 5. The van der Waals surface area contributed by atoms with E-state index in [0.717, 1.165) is 30.5 Å². The van der Waals surface area contributed by atoms with Crippen LogP contribution in [-0.2, 0) is 21.4 Å². The molecule has 0 aromatic heterocycles. The number of halogens is 1. The third-order valence-electron chi connectivity index (χ3n) is 6.21. The van der Waals surface area contributed by atoms with Gasteiger partial charge in [-0.15, -0.1) is 0 Å². The first-order chi connectivity index (χ1) is 11.5. The second-order valence-corrected chi connectivity index (χ2v) is 7.17. The number of phenols is 1. The normalized spacial score (nSPS) is 30.5. The molecule has 1 N–H and O–H groups in total. The Balaban J connectivity index is 0.00000121. The summed E-state index contributed by atoms with van der Waals surface area (Å²) >= 11 is 0. The number of likely N-dealkylation sites (N-methyl/N-ethyl adjacent to an activating group) is 1. The Morgan fingerprint density at radius 2 is 2.08 bits per heavy atom. The molecule has 1 heterocycles. The largest absolute Gasteiger partial charge is 1.00 e. The minimum Gasteiger partial charge on any atom is -1.00 e. The van der Waals surface area contributed by atoms with Gasteiger partial charge in [-0.2, -0.15) is 0 Å². The molecular formula is C19H24ClNO4. The lowest BCUT2D eigenvalue weighted by Crippen LogP contribution is -3.00. The number of rotatable bonds is 2. The number of aromatic hydroxyl groups is 1. The number of ketones is 1. The molecule has 3 atom stereocenters. The lowest BCUT2D eigenvalue weighted by atomic mass is 9.53. The highest BCUT2D eigenvalue weighted by Crippen LogP contribution is 2.57. The number of methoxy groups -OCH3 is 2. The lowest BCUT2D eigenvalue weighted by Gasteiger charge is -2.56. The summed E-state index contributed by atoms with van der Waals surface area (Å²) in [4.78, 5) is 15.0. The molecule has 1 aliphatic heterocycles. The van der Waals surface area contributed by atoms with Gasteiger partial charge >= 0.3 is 1.43 Å². The summed E-state index contributed by atoms with van der Waals surface area (Å²) in [5, 5.41) is 10.9. The zero-order valence-corrected chi connectivity index (χ0v) is 15.5. The maximum atomic E-state index is 12.6. The summed E-state index contributed by atoms with van der Waals surface area (Å²) in [6.07, 6.45) is 4.08. The first kappa shape index (κ1) is 18.1. The van der Waals surface area contributed by atoms with Crippen LogP contribution >= 0.6 is 0 Å². The van der Waals surface area contributed by atoms with Crippen molar-refractivity contribution in [3.63, 3.8) is 0 Å². The van der Waals surface area contributed by atoms with Gasteiger partial charge in [-0.1, -0.05) is 6.07 Å². The van der Waals surface area contributed by atoms with Crippen molar-refractivity contribution >= 4 is 5.78 Å². The van der Waals surface area contributed by atoms with Gasteiger partial charge in [0.1, 0.15) is 0 Å². The van der Waals surface area contributed by atoms with E-state index in [1.165, 1.54) is 0 Å². The molecule has 25 heavy (non-hydrogen) atoms. The van der Waals surface area contributed by atoms with Gasteiger partial charge in [-0.3, -0.25) is 4.79 Å². The number of phenolic OH excluding ortho intramolecular Hbond substituents is 1. The van der Waals surface area contributed by atoms with Gasteiger partial charge in [0.15, 0.2) is 23.0 Å². The molecule has 2 aliphatic carbocycles. The van der Waals surface area contributed by atoms with Crippen LogP contribution in [0.1, 0.15) is 25.4 Å². The molecule has 3 aliphatic rings. The predicted molar refractivity (Wildman–Crippen MR) is 90.4 cm³/mol. The van der Waals surface area contributed by atoms with Crippen molar-refractivity contribution in [1.29, 1.82) is 0 Å². The van der Waals surface area contributed by atoms with E-state index in [9.17, 15) is 9.90 Å². The van der Waals surface area contributed by atoms with Crippen molar-refractivity contribution in [2.75, 3.05) is 27.8 Å². The fourth-order valence-corrected chi connectivity index (χ4v) is 5.03. The topological polar surface area (TPSA) is 59.0 Å². The van der Waals surface area contributed by atoms with E-state index in [1.807, 2.05) is 18.2 Å². The number of benzene rings is 1. The van der Waals surface area contributed by atoms with Gasteiger partial charge in [0, 0.05) is 29.4 Å². The first-order valence-electron chi connectivity index (χ1n) is 8.40. The van der Waals surface area contributed by atoms with Gasteiger partial charge < -0.3 is 31.9 Å². The summed E-state index contributed by atoms with van der Waals surface area (Å²) in [5.41, 5.74) is 1.68. The van der Waals surface area contributed by atoms with Gasteiger partial charge in [-0.25, -0.2) is 0 Å². The highest BCUT2D eigenvalue weighted by Gasteiger charge is 2.56. The summed E-state index contributed by atoms with van der Waals surface area (Å²) in [6.45, 7) is 0.917. The summed E-state index contributed by atoms with van der Waals surface area (Å²) in [6, 6.07) is 4.18. The molecule has 5 nitrogen and oxygen atoms in total. The third kappa shape index (κ3) is 2.36. The smallest absolute Gasteiger partial charge is 1.00 e. The Bertz CT molecular complexity index is 753. The van der Waals surface area contributed by atoms with Crippen molar-refractivity contribution in [2.24, 2.45) is 5.92 Å². The first-order valence-corrected chi connectivity index (χ1v) is 8.40. The van der Waals surface area contributed by atoms with Crippen molar-refractivity contribution in [2.45, 2.75) is 30.7 Å². The number of Topliss-reactive ketones (excluding diaryl/α,β-unsaturated/α-hetero) is 1. The van der Waals surface area contributed by atoms with Gasteiger partial charge in [-0.05, 0) is 44.1 Å². The molecule has 1 aromatic carbocycles. The number of hydrogen-bond donors (Lipinski definition) is 1. The number of carbonyl (C=O) groups excluding carboxylic acids is 1. The quantitative estimate of drug-likeness (QED) is 0.738. The van der Waals surface area contributed by atoms with Gasteiger partial charge in [0.2, 0.25) is 0 Å². The van der Waals surface area contributed by atoms with E-state index in [1.54, 1.807) is 14.2 Å². The van der Waals surface area contributed by atoms with Crippen LogP contribution in [0.3, 0.4) is 0 Å². The number of fused-ring (bicyclic) bond motifs is 1. The van der Waals surface area contributed by atoms with Crippen LogP contribution < -0.4 is 17.1 Å². The fraction of sp³-hybridized carbons (Fsp3) is 0.526. The zero-order chi connectivity index (χ0) is 17.1. The standard InChI is InChI=1S/C19H23NO4.ClH/c1-20-7-6-19-10-14(21)16(24-3)9-12(19)13(20)8-11-4-5-15(23-2)18(22)17(11)19;/h4-5,9,12-13,22H,6-8,10H2,1-3H3;1H. The Morgan fingerprint density at radius 1 is 1.32 bits per heavy atom. The van der Waals surface area contributed by atoms with Crippen molar-refractivity contribution < 1.29 is 33.2 Å². The minimum absolute atomic E-state index is 0. The number of piperidine rings is 1. The number of ether oxygens (including phenoxy) is 2. The monoisotopic (exact) mass is 365 g/mol. The van der Waals surface area contributed by atoms with Gasteiger partial charge in [0.25, 0.3) is 0 Å². The van der Waals surface area contributed by atoms with Crippen LogP contribution in [0.4, 0.5) is 0 Å². The average Bonchev–Trinajstić information content (AvgIpc) is 2.57. The number of carbonyl (C=O) groups is 1. The highest BCUT2D eigenvalue weighted by molar-refractivity contribution is 5.96. The van der Waals surface area contributed by atoms with E-state index < -0.39 is 0 Å². The molecule has 0 spiro atoms. The van der Waals surface area contributed by atoms with E-state index in [0.29, 0.717) is 24.0 Å². The van der Waals surface area contributed by atoms with E-state index in [4.69, 9.17) is 9.47 Å². The van der Waals surface area contributed by atoms with Crippen molar-refractivity contribution in [3.05, 3.63) is 35.1 Å². The summed E-state index contributed by atoms with van der Waals surface area (Å²) in [5.74, 6) is 1.32. The molecule has 4 rings (SSSR count). The van der Waals surface area contributed by atoms with Crippen molar-refractivity contribution in [1.82, 2.24) is 4.90 Å². The molecule has 3 unspecified atom stereocenters. The van der Waals surface area contributed by atoms with E-state index in [2.05, 4.69) is 11.9 Å². The molecule has 136 valence electrons. The molecule has 1 saturated heterocycles. The fourth-order valence-electron chi connectivity index (χ4n) is 5.03. The molecule has 1 fully saturated rings. The van der Waals surface area contributed by atoms with Crippen LogP contribution in [0.2, 0.25) is 0 Å². The Labute approximate surface area is 155 Å². The molecule has 2 bridgehead atoms. The van der Waals surface area contributed by atoms with Crippen LogP contribution in [-0.4, -0.2) is 49.6 Å². The van der Waals surface area contributed by atoms with Crippen LogP contribution in [0.5, 0.6) is 11.5 Å². The van der Waals surface area contributed by atoms with Crippen LogP contribution in [0, 0.1) is 5.92 Å². The summed E-state index contributed by atoms with van der Waals surface area (Å²) in [7, 11) is 5.25. The second kappa shape index (κ2) is 6.22. The second-order valence-electron chi connectivity index (χ2n) is 7.17. The maximum Gasteiger partial charge on any atom is 1.00 e. The highest BCUT2D eigenvalue weighted by atomic mass is 35.5. The maximum absolute atomic E-state index is 12.6. The third-order valence-corrected chi connectivity index (χ3v) is 6.21. The van der Waals surface area contributed by atoms with Crippen LogP contribution in [0.25, 0.3) is 0 Å². The lowest BCUT2D eigenvalue weighted by molar-refractivity contribution is -0.122. The number of likely N-dealkylation sites (tertiary alicyclic amines) is 1. The molecule has 0 radical (unpaired) electrons. The minimum atomic E-state index is -0.359. The summed E-state index contributed by atoms with van der Waals surface area (Å²) < 4.78 is 10.6. The van der Waals surface area contributed by atoms with Gasteiger partial charge in [0.05, 0.1) is 14.2 Å². The molecule has 1 aromatic rings. The number of nitrogens with zero attached hydrogens (tertiary/aromatic N) is 1. The molecular weight excluding hydrogens is 342 g/mol. The molecule has 0 amide bonds. The Hall–Kier alpha value is -1.72. The Morgan fingerprint density at radius 3 is 2.76 bits per heavy atom. The zero-order valence-electron chi connectivity index (χ0n) is 15.7. The Kier molecular flexibility index (Phi) is 4.50. The molecule has 6 heteroatoms.